The minimum absolute atomic E-state index is 0.388. The molecule has 1 aromatic carbocycles. The first kappa shape index (κ1) is 11.2. The van der Waals surface area contributed by atoms with E-state index in [4.69, 9.17) is 4.74 Å². The van der Waals surface area contributed by atoms with Crippen molar-refractivity contribution in [2.75, 3.05) is 11.9 Å². The van der Waals surface area contributed by atoms with Gasteiger partial charge in [0.15, 0.2) is 0 Å². The van der Waals surface area contributed by atoms with Crippen molar-refractivity contribution in [3.63, 3.8) is 0 Å². The van der Waals surface area contributed by atoms with Crippen molar-refractivity contribution >= 4 is 28.3 Å². The molecule has 0 aliphatic carbocycles. The largest absolute Gasteiger partial charge is 0.382 e. The summed E-state index contributed by atoms with van der Waals surface area (Å²) in [5.41, 5.74) is 1.18. The maximum absolute atomic E-state index is 5.74. The number of anilines is 1. The van der Waals surface area contributed by atoms with Crippen LogP contribution in [0.4, 0.5) is 5.69 Å². The van der Waals surface area contributed by atoms with Crippen LogP contribution in [0.25, 0.3) is 0 Å². The molecule has 2 nitrogen and oxygen atoms in total. The van der Waals surface area contributed by atoms with Crippen LogP contribution >= 0.6 is 22.6 Å². The Kier molecular flexibility index (Phi) is 3.86. The van der Waals surface area contributed by atoms with Crippen molar-refractivity contribution in [1.29, 1.82) is 0 Å². The van der Waals surface area contributed by atoms with Crippen molar-refractivity contribution in [2.45, 2.75) is 32.0 Å². The number of hydrogen-bond acceptors (Lipinski definition) is 2. The van der Waals surface area contributed by atoms with Crippen molar-refractivity contribution < 1.29 is 4.74 Å². The number of ether oxygens (including phenoxy) is 1. The van der Waals surface area contributed by atoms with Gasteiger partial charge in [0.2, 0.25) is 0 Å². The molecule has 1 aliphatic heterocycles. The van der Waals surface area contributed by atoms with Crippen molar-refractivity contribution in [3.8, 4) is 0 Å². The van der Waals surface area contributed by atoms with Crippen LogP contribution in [0.1, 0.15) is 19.8 Å². The van der Waals surface area contributed by atoms with Crippen molar-refractivity contribution in [1.82, 2.24) is 0 Å². The van der Waals surface area contributed by atoms with Crippen LogP contribution in [-0.2, 0) is 4.74 Å². The lowest BCUT2D eigenvalue weighted by atomic mass is 10.2. The van der Waals surface area contributed by atoms with Gasteiger partial charge in [-0.05, 0) is 66.6 Å². The summed E-state index contributed by atoms with van der Waals surface area (Å²) in [5.74, 6) is 0. The first-order valence-corrected chi connectivity index (χ1v) is 6.47. The van der Waals surface area contributed by atoms with Crippen molar-refractivity contribution in [2.24, 2.45) is 0 Å². The third-order valence-corrected chi connectivity index (χ3v) is 3.42. The minimum Gasteiger partial charge on any atom is -0.382 e. The van der Waals surface area contributed by atoms with Crippen LogP contribution in [0.15, 0.2) is 24.3 Å². The lowest BCUT2D eigenvalue weighted by Gasteiger charge is -2.13. The quantitative estimate of drug-likeness (QED) is 0.864. The second kappa shape index (κ2) is 5.16. The van der Waals surface area contributed by atoms with E-state index in [0.29, 0.717) is 12.2 Å². The van der Waals surface area contributed by atoms with Gasteiger partial charge < -0.3 is 10.1 Å². The number of nitrogens with one attached hydrogen (secondary N) is 1. The number of benzene rings is 1. The Labute approximate surface area is 105 Å². The van der Waals surface area contributed by atoms with Crippen LogP contribution < -0.4 is 5.32 Å². The topological polar surface area (TPSA) is 21.3 Å². The lowest BCUT2D eigenvalue weighted by Crippen LogP contribution is -2.19. The van der Waals surface area contributed by atoms with Gasteiger partial charge in [-0.25, -0.2) is 0 Å². The van der Waals surface area contributed by atoms with E-state index in [2.05, 4.69) is 59.1 Å². The molecule has 0 aromatic heterocycles. The Hall–Kier alpha value is -0.290. The van der Waals surface area contributed by atoms with Crippen LogP contribution in [-0.4, -0.2) is 18.8 Å². The molecule has 1 N–H and O–H groups in total. The Balaban J connectivity index is 1.80. The van der Waals surface area contributed by atoms with E-state index in [-0.39, 0.29) is 0 Å². The summed E-state index contributed by atoms with van der Waals surface area (Å²) >= 11 is 2.31. The van der Waals surface area contributed by atoms with Gasteiger partial charge in [-0.2, -0.15) is 0 Å². The predicted octanol–water partition coefficient (Wildman–Crippen LogP) is 3.27. The van der Waals surface area contributed by atoms with Gasteiger partial charge >= 0.3 is 0 Å². The normalized spacial score (nSPS) is 25.5. The first-order valence-electron chi connectivity index (χ1n) is 5.39. The third-order valence-electron chi connectivity index (χ3n) is 2.70. The molecule has 1 heterocycles. The summed E-state index contributed by atoms with van der Waals surface area (Å²) in [4.78, 5) is 0. The van der Waals surface area contributed by atoms with Crippen LogP contribution in [0.5, 0.6) is 0 Å². The molecule has 1 aromatic rings. The van der Waals surface area contributed by atoms with Crippen LogP contribution in [0, 0.1) is 3.57 Å². The summed E-state index contributed by atoms with van der Waals surface area (Å²) in [6.07, 6.45) is 3.20. The zero-order valence-electron chi connectivity index (χ0n) is 8.87. The molecule has 15 heavy (non-hydrogen) atoms. The fraction of sp³-hybridized carbons (Fsp3) is 0.500. The monoisotopic (exact) mass is 317 g/mol. The molecule has 82 valence electrons. The lowest BCUT2D eigenvalue weighted by molar-refractivity contribution is 0.0637. The standard InChI is InChI=1S/C12H16INO/c1-9-2-7-12(15-9)8-14-11-5-3-10(13)4-6-11/h3-6,9,12,14H,2,7-8H2,1H3. The molecule has 1 fully saturated rings. The van der Waals surface area contributed by atoms with E-state index < -0.39 is 0 Å². The molecular formula is C12H16INO. The predicted molar refractivity (Wildman–Crippen MR) is 71.2 cm³/mol. The van der Waals surface area contributed by atoms with E-state index in [1.54, 1.807) is 0 Å². The highest BCUT2D eigenvalue weighted by molar-refractivity contribution is 14.1. The molecule has 0 amide bonds. The fourth-order valence-electron chi connectivity index (χ4n) is 1.83. The molecular weight excluding hydrogens is 301 g/mol. The highest BCUT2D eigenvalue weighted by Gasteiger charge is 2.20. The smallest absolute Gasteiger partial charge is 0.0751 e. The highest BCUT2D eigenvalue weighted by Crippen LogP contribution is 2.19. The summed E-state index contributed by atoms with van der Waals surface area (Å²) < 4.78 is 7.01. The fourth-order valence-corrected chi connectivity index (χ4v) is 2.19. The van der Waals surface area contributed by atoms with Gasteiger partial charge in [0.1, 0.15) is 0 Å². The summed E-state index contributed by atoms with van der Waals surface area (Å²) in [6.45, 7) is 3.07. The average Bonchev–Trinajstić information content (AvgIpc) is 2.64. The average molecular weight is 317 g/mol. The maximum Gasteiger partial charge on any atom is 0.0751 e. The Morgan fingerprint density at radius 2 is 2.07 bits per heavy atom. The molecule has 3 heteroatoms. The van der Waals surface area contributed by atoms with Crippen LogP contribution in [0.3, 0.4) is 0 Å². The van der Waals surface area contributed by atoms with Gasteiger partial charge in [0, 0.05) is 15.8 Å². The third kappa shape index (κ3) is 3.34. The highest BCUT2D eigenvalue weighted by atomic mass is 127. The molecule has 1 aliphatic rings. The van der Waals surface area contributed by atoms with E-state index in [1.165, 1.54) is 22.1 Å². The Morgan fingerprint density at radius 1 is 1.33 bits per heavy atom. The first-order chi connectivity index (χ1) is 7.24. The SMILES string of the molecule is CC1CCC(CNc2ccc(I)cc2)O1. The van der Waals surface area contributed by atoms with Gasteiger partial charge in [-0.15, -0.1) is 0 Å². The minimum atomic E-state index is 0.388. The Morgan fingerprint density at radius 3 is 2.67 bits per heavy atom. The second-order valence-electron chi connectivity index (χ2n) is 4.03. The van der Waals surface area contributed by atoms with Gasteiger partial charge in [-0.1, -0.05) is 0 Å². The van der Waals surface area contributed by atoms with Gasteiger partial charge in [0.05, 0.1) is 12.2 Å². The molecule has 2 atom stereocenters. The van der Waals surface area contributed by atoms with Gasteiger partial charge in [0.25, 0.3) is 0 Å². The zero-order valence-corrected chi connectivity index (χ0v) is 11.0. The summed E-state index contributed by atoms with van der Waals surface area (Å²) in [5, 5.41) is 3.41. The molecule has 0 spiro atoms. The molecule has 0 saturated carbocycles. The van der Waals surface area contributed by atoms with Gasteiger partial charge in [-0.3, -0.25) is 0 Å². The Bertz CT molecular complexity index is 312. The molecule has 0 radical (unpaired) electrons. The van der Waals surface area contributed by atoms with E-state index >= 15 is 0 Å². The second-order valence-corrected chi connectivity index (χ2v) is 5.28. The van der Waals surface area contributed by atoms with Crippen LogP contribution in [0.2, 0.25) is 0 Å². The molecule has 2 rings (SSSR count). The maximum atomic E-state index is 5.74. The number of rotatable bonds is 3. The summed E-state index contributed by atoms with van der Waals surface area (Å²) in [7, 11) is 0. The summed E-state index contributed by atoms with van der Waals surface area (Å²) in [6, 6.07) is 8.45. The number of halogens is 1. The van der Waals surface area contributed by atoms with Crippen molar-refractivity contribution in [3.05, 3.63) is 27.8 Å². The molecule has 1 saturated heterocycles. The molecule has 0 bridgehead atoms. The number of hydrogen-bond donors (Lipinski definition) is 1. The molecule has 2 unspecified atom stereocenters. The zero-order chi connectivity index (χ0) is 10.7. The van der Waals surface area contributed by atoms with E-state index in [1.807, 2.05) is 0 Å². The van der Waals surface area contributed by atoms with E-state index in [9.17, 15) is 0 Å². The van der Waals surface area contributed by atoms with E-state index in [0.717, 1.165) is 6.54 Å².